The summed E-state index contributed by atoms with van der Waals surface area (Å²) in [5.41, 5.74) is 0.692. The van der Waals surface area contributed by atoms with E-state index in [0.717, 1.165) is 5.75 Å². The Morgan fingerprint density at radius 3 is 2.50 bits per heavy atom. The maximum atomic E-state index is 12.7. The molecule has 1 atom stereocenters. The molecule has 0 fully saturated rings. The smallest absolute Gasteiger partial charge is 0.257 e. The van der Waals surface area contributed by atoms with Crippen molar-refractivity contribution in [1.82, 2.24) is 9.97 Å². The van der Waals surface area contributed by atoms with Crippen LogP contribution in [0.25, 0.3) is 0 Å². The summed E-state index contributed by atoms with van der Waals surface area (Å²) < 4.78 is 10.4. The number of hydrogen-bond acceptors (Lipinski definition) is 7. The second-order valence-electron chi connectivity index (χ2n) is 5.65. The van der Waals surface area contributed by atoms with Crippen LogP contribution in [-0.2, 0) is 4.79 Å². The number of nitrogens with one attached hydrogen (secondary N) is 2. The highest BCUT2D eigenvalue weighted by molar-refractivity contribution is 7.99. The minimum absolute atomic E-state index is 0.0785. The van der Waals surface area contributed by atoms with Crippen molar-refractivity contribution in [2.75, 3.05) is 25.3 Å². The Morgan fingerprint density at radius 2 is 1.92 bits per heavy atom. The largest absolute Gasteiger partial charge is 0.502 e. The quantitative estimate of drug-likeness (QED) is 0.540. The van der Waals surface area contributed by atoms with Gasteiger partial charge >= 0.3 is 0 Å². The Hall–Kier alpha value is -2.68. The maximum absolute atomic E-state index is 12.7. The second kappa shape index (κ2) is 7.28. The summed E-state index contributed by atoms with van der Waals surface area (Å²) >= 11 is 1.38. The highest BCUT2D eigenvalue weighted by atomic mass is 32.2. The number of anilines is 1. The number of aromatic amines is 1. The minimum Gasteiger partial charge on any atom is -0.502 e. The molecule has 3 N–H and O–H groups in total. The number of rotatable bonds is 5. The number of ether oxygens (including phenoxy) is 2. The standard InChI is InChI=1S/C17H19N3O5S/c1-4-26-17-19-15-13(16(23)20-17)9(7-12(21)18-15)8-5-10(24-2)14(22)11(6-8)25-3/h5-6,9,22H,4,7H2,1-3H3,(H2,18,19,20,21,23). The number of methoxy groups -OCH3 is 2. The lowest BCUT2D eigenvalue weighted by molar-refractivity contribution is -0.116. The number of H-pyrrole nitrogens is 1. The Bertz CT molecular complexity index is 887. The zero-order valence-electron chi connectivity index (χ0n) is 14.6. The van der Waals surface area contributed by atoms with Gasteiger partial charge in [-0.1, -0.05) is 18.7 Å². The molecule has 0 bridgehead atoms. The third-order valence-electron chi connectivity index (χ3n) is 4.11. The molecule has 26 heavy (non-hydrogen) atoms. The topological polar surface area (TPSA) is 114 Å². The highest BCUT2D eigenvalue weighted by Gasteiger charge is 2.32. The van der Waals surface area contributed by atoms with Crippen molar-refractivity contribution in [1.29, 1.82) is 0 Å². The van der Waals surface area contributed by atoms with Crippen LogP contribution in [0, 0.1) is 0 Å². The van der Waals surface area contributed by atoms with E-state index >= 15 is 0 Å². The first-order chi connectivity index (χ1) is 12.5. The zero-order valence-corrected chi connectivity index (χ0v) is 15.4. The fourth-order valence-electron chi connectivity index (χ4n) is 2.96. The van der Waals surface area contributed by atoms with Gasteiger partial charge < -0.3 is 24.9 Å². The zero-order chi connectivity index (χ0) is 18.8. The SMILES string of the molecule is CCSc1nc2c(c(=O)[nH]1)C(c1cc(OC)c(O)c(OC)c1)CC(=O)N2. The molecule has 9 heteroatoms. The first-order valence-electron chi connectivity index (χ1n) is 8.00. The molecule has 2 aromatic rings. The van der Waals surface area contributed by atoms with E-state index in [0.29, 0.717) is 16.3 Å². The van der Waals surface area contributed by atoms with Crippen LogP contribution in [-0.4, -0.2) is 41.0 Å². The third-order valence-corrected chi connectivity index (χ3v) is 4.87. The van der Waals surface area contributed by atoms with Gasteiger partial charge in [0.1, 0.15) is 5.82 Å². The van der Waals surface area contributed by atoms with Crippen molar-refractivity contribution in [2.24, 2.45) is 0 Å². The molecule has 0 radical (unpaired) electrons. The predicted octanol–water partition coefficient (Wildman–Crippen LogP) is 2.08. The number of phenols is 1. The molecule has 1 aromatic carbocycles. The molecule has 0 saturated heterocycles. The summed E-state index contributed by atoms with van der Waals surface area (Å²) in [6.07, 6.45) is 0.0785. The molecule has 3 rings (SSSR count). The summed E-state index contributed by atoms with van der Waals surface area (Å²) in [4.78, 5) is 31.9. The molecule has 1 unspecified atom stereocenters. The van der Waals surface area contributed by atoms with Crippen LogP contribution >= 0.6 is 11.8 Å². The summed E-state index contributed by atoms with van der Waals surface area (Å²) in [6.45, 7) is 1.94. The van der Waals surface area contributed by atoms with E-state index < -0.39 is 5.92 Å². The van der Waals surface area contributed by atoms with E-state index in [9.17, 15) is 14.7 Å². The number of hydrogen-bond donors (Lipinski definition) is 3. The Labute approximate surface area is 153 Å². The number of amides is 1. The number of benzene rings is 1. The van der Waals surface area contributed by atoms with E-state index in [4.69, 9.17) is 9.47 Å². The number of phenolic OH excluding ortho intramolecular Hbond substituents is 1. The Kier molecular flexibility index (Phi) is 5.08. The van der Waals surface area contributed by atoms with Crippen molar-refractivity contribution in [3.05, 3.63) is 33.6 Å². The fraction of sp³-hybridized carbons (Fsp3) is 0.353. The molecule has 1 amide bonds. The Morgan fingerprint density at radius 1 is 1.27 bits per heavy atom. The van der Waals surface area contributed by atoms with Gasteiger partial charge in [-0.3, -0.25) is 9.59 Å². The van der Waals surface area contributed by atoms with Gasteiger partial charge in [0, 0.05) is 12.3 Å². The van der Waals surface area contributed by atoms with Crippen LogP contribution in [0.3, 0.4) is 0 Å². The van der Waals surface area contributed by atoms with Crippen LogP contribution < -0.4 is 20.3 Å². The van der Waals surface area contributed by atoms with Gasteiger partial charge in [0.05, 0.1) is 19.8 Å². The average molecular weight is 377 g/mol. The number of carbonyl (C=O) groups is 1. The monoisotopic (exact) mass is 377 g/mol. The van der Waals surface area contributed by atoms with Crippen molar-refractivity contribution in [2.45, 2.75) is 24.4 Å². The molecular formula is C17H19N3O5S. The number of carbonyl (C=O) groups excluding carboxylic acids is 1. The lowest BCUT2D eigenvalue weighted by atomic mass is 9.86. The number of thioether (sulfide) groups is 1. The van der Waals surface area contributed by atoms with Gasteiger partial charge in [0.2, 0.25) is 11.7 Å². The number of aromatic nitrogens is 2. The lowest BCUT2D eigenvalue weighted by Gasteiger charge is -2.25. The van der Waals surface area contributed by atoms with E-state index in [1.165, 1.54) is 26.0 Å². The van der Waals surface area contributed by atoms with E-state index in [-0.39, 0.29) is 41.0 Å². The number of fused-ring (bicyclic) bond motifs is 1. The second-order valence-corrected chi connectivity index (χ2v) is 6.90. The van der Waals surface area contributed by atoms with Crippen molar-refractivity contribution < 1.29 is 19.4 Å². The van der Waals surface area contributed by atoms with Crippen LogP contribution in [0.1, 0.15) is 30.4 Å². The van der Waals surface area contributed by atoms with Crippen molar-refractivity contribution >= 4 is 23.5 Å². The third kappa shape index (κ3) is 3.22. The van der Waals surface area contributed by atoms with Gasteiger partial charge in [-0.05, 0) is 23.4 Å². The highest BCUT2D eigenvalue weighted by Crippen LogP contribution is 2.42. The van der Waals surface area contributed by atoms with Crippen LogP contribution in [0.5, 0.6) is 17.2 Å². The normalized spacial score (nSPS) is 16.0. The summed E-state index contributed by atoms with van der Waals surface area (Å²) in [5.74, 6) is 0.505. The summed E-state index contributed by atoms with van der Waals surface area (Å²) in [5, 5.41) is 13.2. The average Bonchev–Trinajstić information content (AvgIpc) is 2.61. The van der Waals surface area contributed by atoms with Crippen molar-refractivity contribution in [3.8, 4) is 17.2 Å². The molecule has 138 valence electrons. The summed E-state index contributed by atoms with van der Waals surface area (Å²) in [7, 11) is 2.84. The number of aromatic hydroxyl groups is 1. The first kappa shape index (κ1) is 18.1. The predicted molar refractivity (Wildman–Crippen MR) is 97.6 cm³/mol. The van der Waals surface area contributed by atoms with Gasteiger partial charge in [-0.25, -0.2) is 4.98 Å². The molecule has 1 aliphatic rings. The molecule has 1 aromatic heterocycles. The van der Waals surface area contributed by atoms with Crippen molar-refractivity contribution in [3.63, 3.8) is 0 Å². The molecule has 0 aliphatic carbocycles. The van der Waals surface area contributed by atoms with Crippen LogP contribution in [0.4, 0.5) is 5.82 Å². The van der Waals surface area contributed by atoms with Gasteiger partial charge in [-0.2, -0.15) is 0 Å². The minimum atomic E-state index is -0.529. The molecule has 8 nitrogen and oxygen atoms in total. The fourth-order valence-corrected chi connectivity index (χ4v) is 3.55. The van der Waals surface area contributed by atoms with E-state index in [1.54, 1.807) is 12.1 Å². The summed E-state index contributed by atoms with van der Waals surface area (Å²) in [6, 6.07) is 3.19. The molecule has 0 spiro atoms. The van der Waals surface area contributed by atoms with E-state index in [2.05, 4.69) is 15.3 Å². The molecule has 1 aliphatic heterocycles. The van der Waals surface area contributed by atoms with Gasteiger partial charge in [0.25, 0.3) is 5.56 Å². The number of nitrogens with zero attached hydrogens (tertiary/aromatic N) is 1. The lowest BCUT2D eigenvalue weighted by Crippen LogP contribution is -2.31. The first-order valence-corrected chi connectivity index (χ1v) is 8.98. The molecule has 0 saturated carbocycles. The molecular weight excluding hydrogens is 358 g/mol. The molecule has 2 heterocycles. The maximum Gasteiger partial charge on any atom is 0.257 e. The Balaban J connectivity index is 2.16. The van der Waals surface area contributed by atoms with Crippen LogP contribution in [0.2, 0.25) is 0 Å². The van der Waals surface area contributed by atoms with Crippen LogP contribution in [0.15, 0.2) is 22.1 Å². The van der Waals surface area contributed by atoms with Gasteiger partial charge in [-0.15, -0.1) is 0 Å². The van der Waals surface area contributed by atoms with Gasteiger partial charge in [0.15, 0.2) is 16.7 Å². The van der Waals surface area contributed by atoms with E-state index in [1.807, 2.05) is 6.92 Å².